The molecule has 0 spiro atoms. The molecule has 1 saturated heterocycles. The third-order valence-corrected chi connectivity index (χ3v) is 7.80. The molecule has 1 aliphatic rings. The average Bonchev–Trinajstić information content (AvgIpc) is 2.74. The monoisotopic (exact) mass is 485 g/mol. The van der Waals surface area contributed by atoms with E-state index in [2.05, 4.69) is 14.6 Å². The van der Waals surface area contributed by atoms with Crippen LogP contribution in [0.25, 0.3) is 0 Å². The molecule has 0 bridgehead atoms. The average molecular weight is 486 g/mol. The van der Waals surface area contributed by atoms with Crippen molar-refractivity contribution in [3.63, 3.8) is 0 Å². The summed E-state index contributed by atoms with van der Waals surface area (Å²) < 4.78 is 20.9. The van der Waals surface area contributed by atoms with E-state index in [1.807, 2.05) is 39.1 Å². The number of hydrogen-bond donors (Lipinski definition) is 2. The normalized spacial score (nSPS) is 17.5. The van der Waals surface area contributed by atoms with Crippen LogP contribution in [0.1, 0.15) is 45.2 Å². The molecule has 6 nitrogen and oxygen atoms in total. The number of aromatic nitrogens is 1. The number of halogens is 2. The molecule has 1 fully saturated rings. The number of hydrogen-bond acceptors (Lipinski definition) is 6. The van der Waals surface area contributed by atoms with Gasteiger partial charge in [-0.1, -0.05) is 23.2 Å². The van der Waals surface area contributed by atoms with E-state index in [9.17, 15) is 9.66 Å². The minimum atomic E-state index is -1.31. The van der Waals surface area contributed by atoms with Gasteiger partial charge < -0.3 is 19.3 Å². The Morgan fingerprint density at radius 2 is 1.87 bits per heavy atom. The third kappa shape index (κ3) is 5.90. The SMILES string of the molecule is COc1ccc(N2CCC(C(N[S+]([O-])C(C)(C)C)c3cc(Cl)c(Cl)cc3O)CC2)cn1. The number of pyridine rings is 1. The largest absolute Gasteiger partial charge is 0.598 e. The molecule has 1 aliphatic heterocycles. The number of nitrogens with one attached hydrogen (secondary N) is 1. The fourth-order valence-electron chi connectivity index (χ4n) is 3.68. The fraction of sp³-hybridized carbons (Fsp3) is 0.500. The zero-order valence-electron chi connectivity index (χ0n) is 18.2. The van der Waals surface area contributed by atoms with Gasteiger partial charge in [0.15, 0.2) is 0 Å². The highest BCUT2D eigenvalue weighted by molar-refractivity contribution is 7.90. The van der Waals surface area contributed by atoms with Gasteiger partial charge in [0.2, 0.25) is 5.88 Å². The van der Waals surface area contributed by atoms with Gasteiger partial charge in [0.05, 0.1) is 35.1 Å². The van der Waals surface area contributed by atoms with Crippen LogP contribution in [0.2, 0.25) is 10.0 Å². The molecule has 2 unspecified atom stereocenters. The number of nitrogens with zero attached hydrogens (tertiary/aromatic N) is 2. The summed E-state index contributed by atoms with van der Waals surface area (Å²) in [6.45, 7) is 7.39. The predicted octanol–water partition coefficient (Wildman–Crippen LogP) is 5.11. The second kappa shape index (κ2) is 10.0. The molecule has 0 aliphatic carbocycles. The lowest BCUT2D eigenvalue weighted by molar-refractivity contribution is 0.317. The molecule has 2 aromatic rings. The zero-order chi connectivity index (χ0) is 22.8. The molecule has 1 aromatic carbocycles. The summed E-state index contributed by atoms with van der Waals surface area (Å²) >= 11 is 11.0. The first-order valence-corrected chi connectivity index (χ1v) is 12.1. The molecular formula is C22H29Cl2N3O3S. The fourth-order valence-corrected chi connectivity index (χ4v) is 4.91. The number of ether oxygens (including phenoxy) is 1. The summed E-state index contributed by atoms with van der Waals surface area (Å²) in [6.07, 6.45) is 3.52. The maximum Gasteiger partial charge on any atom is 0.213 e. The van der Waals surface area contributed by atoms with Crippen LogP contribution < -0.4 is 14.4 Å². The van der Waals surface area contributed by atoms with E-state index in [1.54, 1.807) is 13.2 Å². The molecule has 9 heteroatoms. The van der Waals surface area contributed by atoms with E-state index >= 15 is 0 Å². The first-order chi connectivity index (χ1) is 14.6. The van der Waals surface area contributed by atoms with Gasteiger partial charge in [0.1, 0.15) is 10.5 Å². The molecule has 0 radical (unpaired) electrons. The van der Waals surface area contributed by atoms with Crippen molar-refractivity contribution < 1.29 is 14.4 Å². The van der Waals surface area contributed by atoms with Crippen molar-refractivity contribution in [2.24, 2.45) is 5.92 Å². The van der Waals surface area contributed by atoms with E-state index in [4.69, 9.17) is 27.9 Å². The van der Waals surface area contributed by atoms with E-state index in [1.165, 1.54) is 6.07 Å². The maximum atomic E-state index is 12.9. The van der Waals surface area contributed by atoms with Gasteiger partial charge in [0, 0.05) is 42.1 Å². The highest BCUT2D eigenvalue weighted by Gasteiger charge is 2.36. The second-order valence-corrected chi connectivity index (χ2v) is 11.5. The highest BCUT2D eigenvalue weighted by atomic mass is 35.5. The Kier molecular flexibility index (Phi) is 7.86. The standard InChI is InChI=1S/C22H29Cl2N3O3S/c1-22(2,3)31(29)26-21(16-11-17(23)18(24)12-19(16)28)14-7-9-27(10-8-14)15-5-6-20(30-4)25-13-15/h5-6,11-14,21,26,28H,7-10H2,1-4H3. The molecule has 2 heterocycles. The van der Waals surface area contributed by atoms with Gasteiger partial charge in [-0.25, -0.2) is 4.98 Å². The van der Waals surface area contributed by atoms with Crippen molar-refractivity contribution in [2.75, 3.05) is 25.1 Å². The van der Waals surface area contributed by atoms with Gasteiger partial charge in [-0.3, -0.25) is 0 Å². The Labute approximate surface area is 197 Å². The number of phenols is 1. The van der Waals surface area contributed by atoms with E-state index in [0.717, 1.165) is 31.6 Å². The number of benzene rings is 1. The summed E-state index contributed by atoms with van der Waals surface area (Å²) in [5.41, 5.74) is 1.66. The van der Waals surface area contributed by atoms with E-state index in [-0.39, 0.29) is 17.7 Å². The van der Waals surface area contributed by atoms with E-state index in [0.29, 0.717) is 21.5 Å². The van der Waals surface area contributed by atoms with Crippen molar-refractivity contribution in [1.82, 2.24) is 9.71 Å². The summed E-state index contributed by atoms with van der Waals surface area (Å²) in [4.78, 5) is 6.57. The molecule has 0 amide bonds. The zero-order valence-corrected chi connectivity index (χ0v) is 20.5. The Morgan fingerprint density at radius 1 is 1.23 bits per heavy atom. The number of piperidine rings is 1. The Bertz CT molecular complexity index is 885. The first kappa shape index (κ1) is 24.3. The molecule has 0 saturated carbocycles. The van der Waals surface area contributed by atoms with E-state index < -0.39 is 16.1 Å². The van der Waals surface area contributed by atoms with Crippen LogP contribution in [0, 0.1) is 5.92 Å². The van der Waals surface area contributed by atoms with Crippen LogP contribution in [0.4, 0.5) is 5.69 Å². The predicted molar refractivity (Wildman–Crippen MR) is 128 cm³/mol. The number of anilines is 1. The van der Waals surface area contributed by atoms with Crippen molar-refractivity contribution >= 4 is 40.3 Å². The van der Waals surface area contributed by atoms with Crippen LogP contribution in [-0.4, -0.2) is 39.6 Å². The second-order valence-electron chi connectivity index (χ2n) is 8.68. The Balaban J connectivity index is 1.80. The van der Waals surface area contributed by atoms with Gasteiger partial charge >= 0.3 is 0 Å². The lowest BCUT2D eigenvalue weighted by Crippen LogP contribution is -2.45. The van der Waals surface area contributed by atoms with Gasteiger partial charge in [-0.2, -0.15) is 0 Å². The van der Waals surface area contributed by atoms with Crippen molar-refractivity contribution in [3.8, 4) is 11.6 Å². The summed E-state index contributed by atoms with van der Waals surface area (Å²) in [5.74, 6) is 0.805. The summed E-state index contributed by atoms with van der Waals surface area (Å²) in [7, 11) is 1.60. The van der Waals surface area contributed by atoms with Gasteiger partial charge in [0.25, 0.3) is 0 Å². The van der Waals surface area contributed by atoms with Crippen LogP contribution in [0.15, 0.2) is 30.5 Å². The molecular weight excluding hydrogens is 457 g/mol. The van der Waals surface area contributed by atoms with Gasteiger partial charge in [-0.15, -0.1) is 4.72 Å². The van der Waals surface area contributed by atoms with Gasteiger partial charge in [-0.05, 0) is 51.7 Å². The van der Waals surface area contributed by atoms with Crippen LogP contribution >= 0.6 is 23.2 Å². The first-order valence-electron chi connectivity index (χ1n) is 10.2. The van der Waals surface area contributed by atoms with Crippen LogP contribution in [-0.2, 0) is 11.4 Å². The number of rotatable bonds is 6. The quantitative estimate of drug-likeness (QED) is 0.553. The maximum absolute atomic E-state index is 12.9. The van der Waals surface area contributed by atoms with Crippen LogP contribution in [0.3, 0.4) is 0 Å². The molecule has 2 N–H and O–H groups in total. The Morgan fingerprint density at radius 3 is 2.42 bits per heavy atom. The third-order valence-electron chi connectivity index (χ3n) is 5.50. The molecule has 31 heavy (non-hydrogen) atoms. The number of aromatic hydroxyl groups is 1. The number of methoxy groups -OCH3 is 1. The van der Waals surface area contributed by atoms with Crippen molar-refractivity contribution in [3.05, 3.63) is 46.1 Å². The Hall–Kier alpha value is -1.38. The molecule has 3 rings (SSSR count). The lowest BCUT2D eigenvalue weighted by atomic mass is 9.85. The summed E-state index contributed by atoms with van der Waals surface area (Å²) in [5, 5.41) is 11.3. The number of phenolic OH excluding ortho intramolecular Hbond substituents is 1. The topological polar surface area (TPSA) is 80.7 Å². The molecule has 170 valence electrons. The van der Waals surface area contributed by atoms with Crippen molar-refractivity contribution in [1.29, 1.82) is 0 Å². The minimum absolute atomic E-state index is 0.0552. The molecule has 2 atom stereocenters. The summed E-state index contributed by atoms with van der Waals surface area (Å²) in [6, 6.07) is 6.67. The lowest BCUT2D eigenvalue weighted by Gasteiger charge is -2.38. The minimum Gasteiger partial charge on any atom is -0.598 e. The van der Waals surface area contributed by atoms with Crippen molar-refractivity contribution in [2.45, 2.75) is 44.4 Å². The molecule has 1 aromatic heterocycles. The smallest absolute Gasteiger partial charge is 0.213 e. The highest BCUT2D eigenvalue weighted by Crippen LogP contribution is 2.40. The van der Waals surface area contributed by atoms with Crippen LogP contribution in [0.5, 0.6) is 11.6 Å².